The van der Waals surface area contributed by atoms with E-state index in [1.807, 2.05) is 0 Å². The van der Waals surface area contributed by atoms with Crippen LogP contribution >= 0.6 is 11.6 Å². The number of hydrogen-bond acceptors (Lipinski definition) is 3. The minimum atomic E-state index is -4.42. The molecule has 0 spiro atoms. The smallest absolute Gasteiger partial charge is 0.366 e. The molecule has 0 saturated heterocycles. The van der Waals surface area contributed by atoms with E-state index in [1.165, 1.54) is 0 Å². The van der Waals surface area contributed by atoms with E-state index >= 15 is 0 Å². The van der Waals surface area contributed by atoms with Crippen molar-refractivity contribution in [2.24, 2.45) is 5.73 Å². The molecular formula is C10H11ClF3N3. The molecule has 1 heterocycles. The maximum absolute atomic E-state index is 12.4. The molecule has 0 aliphatic heterocycles. The molecule has 3 nitrogen and oxygen atoms in total. The molecule has 1 aliphatic rings. The Balaban J connectivity index is 2.09. The normalized spacial score (nSPS) is 24.3. The minimum Gasteiger partial charge on any atom is -0.366 e. The third-order valence-corrected chi connectivity index (χ3v) is 2.97. The number of nitrogens with two attached hydrogens (primary N) is 1. The predicted molar refractivity (Wildman–Crippen MR) is 58.9 cm³/mol. The first-order chi connectivity index (χ1) is 7.86. The van der Waals surface area contributed by atoms with Crippen LogP contribution in [0.2, 0.25) is 5.02 Å². The lowest BCUT2D eigenvalue weighted by atomic mass is 9.88. The first kappa shape index (κ1) is 12.4. The summed E-state index contributed by atoms with van der Waals surface area (Å²) in [5.41, 5.74) is 4.75. The molecule has 0 aromatic carbocycles. The Kier molecular flexibility index (Phi) is 3.18. The van der Waals surface area contributed by atoms with E-state index in [0.717, 1.165) is 25.1 Å². The van der Waals surface area contributed by atoms with E-state index in [2.05, 4.69) is 10.3 Å². The highest BCUT2D eigenvalue weighted by Gasteiger charge is 2.32. The number of hydrogen-bond donors (Lipinski definition) is 2. The standard InChI is InChI=1S/C10H11ClF3N3/c11-8-1-5(10(12,13)14)4-16-9(8)17-7-2-6(15)3-7/h1,4,6-7H,2-3,15H2,(H,16,17). The largest absolute Gasteiger partial charge is 0.417 e. The van der Waals surface area contributed by atoms with Gasteiger partial charge in [-0.1, -0.05) is 11.6 Å². The number of alkyl halides is 3. The van der Waals surface area contributed by atoms with Crippen molar-refractivity contribution in [3.8, 4) is 0 Å². The fraction of sp³-hybridized carbons (Fsp3) is 0.500. The minimum absolute atomic E-state index is 0.0275. The average molecular weight is 266 g/mol. The molecule has 3 N–H and O–H groups in total. The van der Waals surface area contributed by atoms with Gasteiger partial charge in [0.15, 0.2) is 0 Å². The molecular weight excluding hydrogens is 255 g/mol. The van der Waals surface area contributed by atoms with Gasteiger partial charge in [0.2, 0.25) is 0 Å². The van der Waals surface area contributed by atoms with Gasteiger partial charge >= 0.3 is 6.18 Å². The molecule has 0 amide bonds. The van der Waals surface area contributed by atoms with E-state index in [9.17, 15) is 13.2 Å². The lowest BCUT2D eigenvalue weighted by Gasteiger charge is -2.33. The second kappa shape index (κ2) is 4.34. The van der Waals surface area contributed by atoms with Crippen molar-refractivity contribution in [3.05, 3.63) is 22.8 Å². The van der Waals surface area contributed by atoms with Crippen LogP contribution in [0.25, 0.3) is 0 Å². The van der Waals surface area contributed by atoms with Gasteiger partial charge in [0.1, 0.15) is 5.82 Å². The molecule has 0 bridgehead atoms. The van der Waals surface area contributed by atoms with Gasteiger partial charge in [-0.15, -0.1) is 0 Å². The van der Waals surface area contributed by atoms with E-state index in [1.54, 1.807) is 0 Å². The summed E-state index contributed by atoms with van der Waals surface area (Å²) in [4.78, 5) is 3.69. The molecule has 2 rings (SSSR count). The Bertz CT molecular complexity index is 416. The van der Waals surface area contributed by atoms with Crippen LogP contribution in [0, 0.1) is 0 Å². The van der Waals surface area contributed by atoms with Crippen molar-refractivity contribution in [2.75, 3.05) is 5.32 Å². The van der Waals surface area contributed by atoms with Crippen LogP contribution in [0.1, 0.15) is 18.4 Å². The maximum Gasteiger partial charge on any atom is 0.417 e. The van der Waals surface area contributed by atoms with Gasteiger partial charge in [-0.05, 0) is 18.9 Å². The number of nitrogens with zero attached hydrogens (tertiary/aromatic N) is 1. The second-order valence-electron chi connectivity index (χ2n) is 4.12. The summed E-state index contributed by atoms with van der Waals surface area (Å²) in [6.07, 6.45) is -2.10. The van der Waals surface area contributed by atoms with Crippen molar-refractivity contribution < 1.29 is 13.2 Å². The van der Waals surface area contributed by atoms with Gasteiger partial charge in [-0.25, -0.2) is 4.98 Å². The first-order valence-electron chi connectivity index (χ1n) is 5.11. The zero-order chi connectivity index (χ0) is 12.6. The quantitative estimate of drug-likeness (QED) is 0.864. The Morgan fingerprint density at radius 1 is 1.41 bits per heavy atom. The van der Waals surface area contributed by atoms with Gasteiger partial charge in [0.05, 0.1) is 10.6 Å². The van der Waals surface area contributed by atoms with Gasteiger partial charge < -0.3 is 11.1 Å². The Morgan fingerprint density at radius 2 is 2.06 bits per heavy atom. The zero-order valence-electron chi connectivity index (χ0n) is 8.76. The van der Waals surface area contributed by atoms with Crippen LogP contribution in [-0.4, -0.2) is 17.1 Å². The Morgan fingerprint density at radius 3 is 2.53 bits per heavy atom. The SMILES string of the molecule is NC1CC(Nc2ncc(C(F)(F)F)cc2Cl)C1. The second-order valence-corrected chi connectivity index (χ2v) is 4.53. The number of rotatable bonds is 2. The van der Waals surface area contributed by atoms with E-state index in [-0.39, 0.29) is 22.9 Å². The lowest BCUT2D eigenvalue weighted by molar-refractivity contribution is -0.137. The number of nitrogens with one attached hydrogen (secondary N) is 1. The van der Waals surface area contributed by atoms with E-state index in [4.69, 9.17) is 17.3 Å². The van der Waals surface area contributed by atoms with Crippen molar-refractivity contribution in [1.29, 1.82) is 0 Å². The Hall–Kier alpha value is -1.01. The summed E-state index contributed by atoms with van der Waals surface area (Å²) in [6, 6.07) is 1.17. The molecule has 1 aliphatic carbocycles. The van der Waals surface area contributed by atoms with Crippen molar-refractivity contribution in [2.45, 2.75) is 31.1 Å². The fourth-order valence-electron chi connectivity index (χ4n) is 1.67. The fourth-order valence-corrected chi connectivity index (χ4v) is 1.89. The number of anilines is 1. The highest BCUT2D eigenvalue weighted by molar-refractivity contribution is 6.33. The summed E-state index contributed by atoms with van der Waals surface area (Å²) in [5.74, 6) is 0.275. The molecule has 1 aromatic rings. The van der Waals surface area contributed by atoms with Crippen LogP contribution in [0.4, 0.5) is 19.0 Å². The number of pyridine rings is 1. The molecule has 1 aromatic heterocycles. The predicted octanol–water partition coefficient (Wildman–Crippen LogP) is 2.66. The monoisotopic (exact) mass is 265 g/mol. The summed E-state index contributed by atoms with van der Waals surface area (Å²) >= 11 is 5.74. The maximum atomic E-state index is 12.4. The average Bonchev–Trinajstić information content (AvgIpc) is 2.16. The molecule has 7 heteroatoms. The summed E-state index contributed by atoms with van der Waals surface area (Å²) in [7, 11) is 0. The van der Waals surface area contributed by atoms with Gasteiger partial charge in [0, 0.05) is 18.3 Å². The van der Waals surface area contributed by atoms with Crippen LogP contribution in [0.3, 0.4) is 0 Å². The highest BCUT2D eigenvalue weighted by atomic mass is 35.5. The zero-order valence-corrected chi connectivity index (χ0v) is 9.52. The Labute approximate surface area is 101 Å². The summed E-state index contributed by atoms with van der Waals surface area (Å²) in [6.45, 7) is 0. The van der Waals surface area contributed by atoms with Gasteiger partial charge in [-0.2, -0.15) is 13.2 Å². The first-order valence-corrected chi connectivity index (χ1v) is 5.49. The molecule has 1 saturated carbocycles. The summed E-state index contributed by atoms with van der Waals surface area (Å²) in [5, 5.41) is 2.94. The molecule has 0 radical (unpaired) electrons. The van der Waals surface area contributed by atoms with Crippen LogP contribution in [0.5, 0.6) is 0 Å². The topological polar surface area (TPSA) is 50.9 Å². The van der Waals surface area contributed by atoms with E-state index in [0.29, 0.717) is 0 Å². The third kappa shape index (κ3) is 2.81. The van der Waals surface area contributed by atoms with E-state index < -0.39 is 11.7 Å². The van der Waals surface area contributed by atoms with Crippen molar-refractivity contribution in [1.82, 2.24) is 4.98 Å². The van der Waals surface area contributed by atoms with Crippen LogP contribution in [-0.2, 0) is 6.18 Å². The van der Waals surface area contributed by atoms with Crippen molar-refractivity contribution in [3.63, 3.8) is 0 Å². The van der Waals surface area contributed by atoms with Gasteiger partial charge in [0.25, 0.3) is 0 Å². The van der Waals surface area contributed by atoms with Crippen molar-refractivity contribution >= 4 is 17.4 Å². The molecule has 17 heavy (non-hydrogen) atoms. The van der Waals surface area contributed by atoms with Crippen LogP contribution in [0.15, 0.2) is 12.3 Å². The summed E-state index contributed by atoms with van der Waals surface area (Å²) < 4.78 is 37.1. The number of halogens is 4. The third-order valence-electron chi connectivity index (χ3n) is 2.68. The van der Waals surface area contributed by atoms with Crippen LogP contribution < -0.4 is 11.1 Å². The van der Waals surface area contributed by atoms with Gasteiger partial charge in [-0.3, -0.25) is 0 Å². The molecule has 0 atom stereocenters. The molecule has 94 valence electrons. The number of aromatic nitrogens is 1. The molecule has 1 fully saturated rings. The molecule has 0 unspecified atom stereocenters. The highest BCUT2D eigenvalue weighted by Crippen LogP contribution is 2.33. The lowest BCUT2D eigenvalue weighted by Crippen LogP contribution is -2.44.